The molecule has 10 heteroatoms. The molecule has 1 spiro atoms. The van der Waals surface area contributed by atoms with E-state index in [4.69, 9.17) is 4.43 Å². The van der Waals surface area contributed by atoms with Gasteiger partial charge in [0, 0.05) is 63.1 Å². The number of hydrogen-bond donors (Lipinski definition) is 1. The number of likely N-dealkylation sites (tertiary alicyclic amines) is 1. The summed E-state index contributed by atoms with van der Waals surface area (Å²) < 4.78 is 36.7. The van der Waals surface area contributed by atoms with E-state index in [0.717, 1.165) is 70.6 Å². The lowest BCUT2D eigenvalue weighted by molar-refractivity contribution is -0.168. The van der Waals surface area contributed by atoms with Crippen molar-refractivity contribution in [3.8, 4) is 11.8 Å². The van der Waals surface area contributed by atoms with Gasteiger partial charge in [0.25, 0.3) is 0 Å². The smallest absolute Gasteiger partial charge is 0.243 e. The fourth-order valence-corrected chi connectivity index (χ4v) is 11.7. The van der Waals surface area contributed by atoms with Crippen molar-refractivity contribution in [3.63, 3.8) is 0 Å². The van der Waals surface area contributed by atoms with Gasteiger partial charge in [0.1, 0.15) is 5.78 Å². The third-order valence-corrected chi connectivity index (χ3v) is 19.2. The molecule has 1 aromatic rings. The van der Waals surface area contributed by atoms with Crippen LogP contribution < -0.4 is 0 Å². The number of nitrogens with zero attached hydrogens (tertiary/aromatic N) is 2. The molecular weight excluding hydrogens is 689 g/mol. The van der Waals surface area contributed by atoms with E-state index < -0.39 is 30.2 Å². The monoisotopic (exact) mass is 756 g/mol. The summed E-state index contributed by atoms with van der Waals surface area (Å²) in [5.41, 5.74) is -0.378. The molecule has 3 unspecified atom stereocenters. The number of aliphatic hydroxyl groups is 1. The Balaban J connectivity index is 1.77. The predicted octanol–water partition coefficient (Wildman–Crippen LogP) is 8.21. The molecule has 1 saturated carbocycles. The van der Waals surface area contributed by atoms with Crippen LogP contribution in [0, 0.1) is 35.0 Å². The van der Waals surface area contributed by atoms with Crippen molar-refractivity contribution >= 4 is 30.0 Å². The van der Waals surface area contributed by atoms with Gasteiger partial charge in [0.05, 0.1) is 4.90 Å². The average Bonchev–Trinajstić information content (AvgIpc) is 3.09. The first-order valence-corrected chi connectivity index (χ1v) is 24.6. The molecule has 2 heterocycles. The zero-order chi connectivity index (χ0) is 38.0. The maximum absolute atomic E-state index is 15.2. The molecule has 1 N–H and O–H groups in total. The second kappa shape index (κ2) is 19.0. The van der Waals surface area contributed by atoms with E-state index in [0.29, 0.717) is 45.3 Å². The zero-order valence-corrected chi connectivity index (χ0v) is 34.9. The molecule has 3 fully saturated rings. The van der Waals surface area contributed by atoms with Gasteiger partial charge in [-0.25, -0.2) is 8.42 Å². The lowest BCUT2D eigenvalue weighted by Gasteiger charge is -2.56. The molecule has 0 aromatic heterocycles. The van der Waals surface area contributed by atoms with Crippen molar-refractivity contribution in [2.45, 2.75) is 153 Å². The van der Waals surface area contributed by atoms with Crippen LogP contribution >= 0.6 is 0 Å². The minimum absolute atomic E-state index is 0.0192. The summed E-state index contributed by atoms with van der Waals surface area (Å²) in [5, 5.41) is 10.2. The molecule has 3 bridgehead atoms. The van der Waals surface area contributed by atoms with Crippen molar-refractivity contribution in [1.29, 1.82) is 0 Å². The maximum atomic E-state index is 15.2. The van der Waals surface area contributed by atoms with Crippen molar-refractivity contribution in [2.75, 3.05) is 32.8 Å². The summed E-state index contributed by atoms with van der Waals surface area (Å²) in [6.07, 6.45) is 12.4. The van der Waals surface area contributed by atoms with Crippen molar-refractivity contribution < 1.29 is 27.5 Å². The van der Waals surface area contributed by atoms with Gasteiger partial charge in [-0.05, 0) is 87.5 Å². The number of aliphatic hydroxyl groups excluding tert-OH is 1. The number of rotatable bonds is 11. The van der Waals surface area contributed by atoms with Crippen LogP contribution in [0.1, 0.15) is 124 Å². The first-order chi connectivity index (χ1) is 24.7. The van der Waals surface area contributed by atoms with E-state index in [9.17, 15) is 18.3 Å². The van der Waals surface area contributed by atoms with Crippen molar-refractivity contribution in [2.24, 2.45) is 23.2 Å². The van der Waals surface area contributed by atoms with Crippen LogP contribution in [0.15, 0.2) is 35.2 Å². The molecule has 8 nitrogen and oxygen atoms in total. The van der Waals surface area contributed by atoms with Gasteiger partial charge < -0.3 is 14.4 Å². The largest absolute Gasteiger partial charge is 0.414 e. The fraction of sp³-hybridized carbons (Fsp3) is 0.762. The zero-order valence-electron chi connectivity index (χ0n) is 33.1. The summed E-state index contributed by atoms with van der Waals surface area (Å²) in [6.45, 7) is 14.7. The minimum atomic E-state index is -3.79. The molecular formula is C42H68N2O6SSi. The molecule has 5 atom stereocenters. The number of ketones is 1. The molecule has 292 valence electrons. The number of benzene rings is 1. The van der Waals surface area contributed by atoms with E-state index in [1.54, 1.807) is 28.6 Å². The Morgan fingerprint density at radius 1 is 0.981 bits per heavy atom. The topological polar surface area (TPSA) is 104 Å². The van der Waals surface area contributed by atoms with Crippen molar-refractivity contribution in [1.82, 2.24) is 9.21 Å². The van der Waals surface area contributed by atoms with Gasteiger partial charge in [-0.2, -0.15) is 4.31 Å². The number of carbonyl (C=O) groups is 2. The molecule has 2 saturated heterocycles. The van der Waals surface area contributed by atoms with Gasteiger partial charge in [-0.1, -0.05) is 83.9 Å². The Morgan fingerprint density at radius 2 is 1.63 bits per heavy atom. The molecule has 1 aromatic carbocycles. The number of unbranched alkanes of at least 4 members (excludes halogenated alkanes) is 1. The van der Waals surface area contributed by atoms with E-state index >= 15 is 4.79 Å². The Kier molecular flexibility index (Phi) is 15.6. The van der Waals surface area contributed by atoms with E-state index in [1.165, 1.54) is 0 Å². The van der Waals surface area contributed by atoms with Crippen LogP contribution in [0.5, 0.6) is 0 Å². The highest BCUT2D eigenvalue weighted by atomic mass is 32.2. The van der Waals surface area contributed by atoms with E-state index in [-0.39, 0.29) is 52.2 Å². The van der Waals surface area contributed by atoms with Crippen LogP contribution in [-0.2, 0) is 24.0 Å². The predicted molar refractivity (Wildman–Crippen MR) is 212 cm³/mol. The third-order valence-electron chi connectivity index (χ3n) is 12.7. The van der Waals surface area contributed by atoms with Crippen LogP contribution in [0.25, 0.3) is 0 Å². The summed E-state index contributed by atoms with van der Waals surface area (Å²) in [6, 6.07) is 8.60. The lowest BCUT2D eigenvalue weighted by Crippen LogP contribution is -2.63. The fourth-order valence-electron chi connectivity index (χ4n) is 8.77. The lowest BCUT2D eigenvalue weighted by atomic mass is 9.53. The van der Waals surface area contributed by atoms with Gasteiger partial charge in [-0.15, -0.1) is 11.8 Å². The Labute approximate surface area is 317 Å². The first-order valence-electron chi connectivity index (χ1n) is 20.2. The van der Waals surface area contributed by atoms with Gasteiger partial charge in [-0.3, -0.25) is 9.59 Å². The highest BCUT2D eigenvalue weighted by Gasteiger charge is 2.59. The SMILES string of the molecule is CC#CCCCN1C[C@]23CCCCCCCCCCN(S(=O)(=O)c4ccccc4)CCC(C(=O)C2CC(CCO)O[Si](C)(C)C(C)(C)C)[C@@H](C3)C1=O. The summed E-state index contributed by atoms with van der Waals surface area (Å²) in [5.74, 6) is 4.89. The Hall–Kier alpha value is -2.03. The van der Waals surface area contributed by atoms with Crippen LogP contribution in [0.3, 0.4) is 0 Å². The number of piperidine rings is 1. The van der Waals surface area contributed by atoms with Gasteiger partial charge in [0.2, 0.25) is 15.9 Å². The van der Waals surface area contributed by atoms with Crippen LogP contribution in [0.2, 0.25) is 18.1 Å². The first kappa shape index (κ1) is 42.7. The van der Waals surface area contributed by atoms with Gasteiger partial charge >= 0.3 is 0 Å². The summed E-state index contributed by atoms with van der Waals surface area (Å²) >= 11 is 0. The molecule has 3 aliphatic rings. The maximum Gasteiger partial charge on any atom is 0.243 e. The normalized spacial score (nSPS) is 26.8. The highest BCUT2D eigenvalue weighted by Crippen LogP contribution is 2.55. The number of hydrogen-bond acceptors (Lipinski definition) is 6. The minimum Gasteiger partial charge on any atom is -0.414 e. The second-order valence-corrected chi connectivity index (χ2v) is 24.1. The third kappa shape index (κ3) is 10.6. The number of fused-ring (bicyclic) bond motifs is 4. The molecule has 4 rings (SSSR count). The molecule has 0 radical (unpaired) electrons. The molecule has 1 aliphatic carbocycles. The van der Waals surface area contributed by atoms with Crippen molar-refractivity contribution in [3.05, 3.63) is 30.3 Å². The highest BCUT2D eigenvalue weighted by molar-refractivity contribution is 7.89. The molecule has 2 aliphatic heterocycles. The quantitative estimate of drug-likeness (QED) is 0.139. The Morgan fingerprint density at radius 3 is 2.27 bits per heavy atom. The average molecular weight is 757 g/mol. The van der Waals surface area contributed by atoms with Gasteiger partial charge in [0.15, 0.2) is 8.32 Å². The van der Waals surface area contributed by atoms with E-state index in [1.807, 2.05) is 17.9 Å². The standard InChI is InChI=1S/C42H68N2O6SSi/c1-7-8-9-20-27-43-33-42-26-19-14-12-10-11-13-15-21-28-44(51(48,49)35-22-17-16-18-23-35)29-24-36(37(32-42)40(43)47)39(46)38(42)31-34(25-30-45)50-52(5,6)41(2,3)4/h16-18,22-23,34,36-38,45H,9-15,19-21,24-33H2,1-6H3/t34?,36?,37-,38?,42-/m1/s1. The number of carbonyl (C=O) groups excluding carboxylic acids is 2. The number of amides is 1. The summed E-state index contributed by atoms with van der Waals surface area (Å²) in [7, 11) is -6.02. The van der Waals surface area contributed by atoms with Crippen LogP contribution in [-0.4, -0.2) is 81.6 Å². The molecule has 1 amide bonds. The number of Topliss-reactive ketones (excluding diaryl/α,β-unsaturated/α-hetero) is 1. The number of sulfonamides is 1. The second-order valence-electron chi connectivity index (χ2n) is 17.4. The van der Waals surface area contributed by atoms with Crippen LogP contribution in [0.4, 0.5) is 0 Å². The Bertz CT molecular complexity index is 1480. The summed E-state index contributed by atoms with van der Waals surface area (Å²) in [4.78, 5) is 31.9. The molecule has 52 heavy (non-hydrogen) atoms. The van der Waals surface area contributed by atoms with E-state index in [2.05, 4.69) is 45.7 Å².